The molecule has 0 radical (unpaired) electrons. The maximum atomic E-state index is 14.8. The van der Waals surface area contributed by atoms with Crippen LogP contribution < -0.4 is 0 Å². The molecule has 2 N–H and O–H groups in total. The Balaban J connectivity index is 1.53. The molecule has 41 heavy (non-hydrogen) atoms. The lowest BCUT2D eigenvalue weighted by Crippen LogP contribution is -2.66. The molecule has 0 saturated heterocycles. The van der Waals surface area contributed by atoms with Gasteiger partial charge in [0.1, 0.15) is 0 Å². The number of ketones is 1. The number of allylic oxidation sites excluding steroid dienone is 1. The summed E-state index contributed by atoms with van der Waals surface area (Å²) in [4.78, 5) is 41.7. The normalized spacial score (nSPS) is 36.5. The molecule has 4 aliphatic carbocycles. The van der Waals surface area contributed by atoms with Crippen molar-refractivity contribution in [3.8, 4) is 0 Å². The summed E-state index contributed by atoms with van der Waals surface area (Å²) >= 11 is 0. The monoisotopic (exact) mass is 556 g/mol. The third kappa shape index (κ3) is 3.82. The van der Waals surface area contributed by atoms with E-state index in [1.54, 1.807) is 79.7 Å². The van der Waals surface area contributed by atoms with E-state index in [0.717, 1.165) is 0 Å². The van der Waals surface area contributed by atoms with Gasteiger partial charge in [-0.05, 0) is 71.9 Å². The molecule has 2 aromatic carbocycles. The van der Waals surface area contributed by atoms with Crippen LogP contribution in [0.15, 0.2) is 84.0 Å². The van der Waals surface area contributed by atoms with Crippen LogP contribution in [-0.2, 0) is 14.3 Å². The molecule has 2 saturated carbocycles. The highest BCUT2D eigenvalue weighted by atomic mass is 16.6. The molecular weight excluding hydrogens is 520 g/mol. The summed E-state index contributed by atoms with van der Waals surface area (Å²) < 4.78 is 12.1. The number of rotatable bonds is 5. The highest BCUT2D eigenvalue weighted by molar-refractivity contribution is 5.96. The second-order valence-electron chi connectivity index (χ2n) is 12.8. The van der Waals surface area contributed by atoms with Gasteiger partial charge < -0.3 is 19.7 Å². The largest absolute Gasteiger partial charge is 0.451 e. The molecule has 0 amide bonds. The highest BCUT2D eigenvalue weighted by Gasteiger charge is 2.77. The molecule has 7 nitrogen and oxygen atoms in total. The van der Waals surface area contributed by atoms with Crippen LogP contribution in [0.4, 0.5) is 0 Å². The van der Waals surface area contributed by atoms with Gasteiger partial charge in [0.25, 0.3) is 0 Å². The van der Waals surface area contributed by atoms with Crippen LogP contribution in [0, 0.1) is 34.5 Å². The molecule has 1 spiro atoms. The fourth-order valence-corrected chi connectivity index (χ4v) is 8.24. The Kier molecular flexibility index (Phi) is 6.40. The van der Waals surface area contributed by atoms with Crippen molar-refractivity contribution in [3.63, 3.8) is 0 Å². The lowest BCUT2D eigenvalue weighted by atomic mass is 9.59. The minimum absolute atomic E-state index is 0.0193. The van der Waals surface area contributed by atoms with Crippen molar-refractivity contribution in [1.82, 2.24) is 0 Å². The number of Topliss-reactive ketones (excluding diaryl/α,β-unsaturated/α-hetero) is 1. The zero-order valence-corrected chi connectivity index (χ0v) is 23.7. The van der Waals surface area contributed by atoms with Crippen molar-refractivity contribution >= 4 is 17.7 Å². The molecule has 0 aliphatic heterocycles. The number of aliphatic hydroxyl groups excluding tert-OH is 1. The molecule has 0 heterocycles. The Labute approximate surface area is 239 Å². The van der Waals surface area contributed by atoms with Gasteiger partial charge in [0.2, 0.25) is 0 Å². The third-order valence-electron chi connectivity index (χ3n) is 10.3. The van der Waals surface area contributed by atoms with E-state index in [9.17, 15) is 24.6 Å². The number of ether oxygens (including phenoxy) is 2. The SMILES string of the molecule is CC1=C[C@]23C(=O)[C@H](C=C(CO)[C@@H](OC(=O)c4ccccc4)[C@]2(O)[C@H]1OC(=O)c1ccccc1)[C@H]1[C@@H](C[C@H]3C)C1(C)C. The van der Waals surface area contributed by atoms with E-state index in [0.29, 0.717) is 12.0 Å². The van der Waals surface area contributed by atoms with Crippen molar-refractivity contribution in [2.45, 2.75) is 51.9 Å². The molecular formula is C34H36O7. The Morgan fingerprint density at radius 3 is 2.00 bits per heavy atom. The predicted octanol–water partition coefficient (Wildman–Crippen LogP) is 4.54. The zero-order valence-electron chi connectivity index (χ0n) is 23.7. The van der Waals surface area contributed by atoms with Crippen molar-refractivity contribution in [2.75, 3.05) is 6.61 Å². The first-order valence-corrected chi connectivity index (χ1v) is 14.3. The van der Waals surface area contributed by atoms with Crippen LogP contribution in [0.25, 0.3) is 0 Å². The first-order valence-electron chi connectivity index (χ1n) is 14.3. The number of carbonyl (C=O) groups excluding carboxylic acids is 3. The summed E-state index contributed by atoms with van der Waals surface area (Å²) in [6.45, 7) is 7.43. The van der Waals surface area contributed by atoms with Crippen molar-refractivity contribution in [3.05, 3.63) is 95.1 Å². The number of aliphatic hydroxyl groups is 2. The average molecular weight is 557 g/mol. The van der Waals surface area contributed by atoms with Gasteiger partial charge >= 0.3 is 11.9 Å². The van der Waals surface area contributed by atoms with Crippen LogP contribution in [0.1, 0.15) is 54.8 Å². The van der Waals surface area contributed by atoms with Crippen molar-refractivity contribution in [1.29, 1.82) is 0 Å². The van der Waals surface area contributed by atoms with Crippen molar-refractivity contribution < 1.29 is 34.1 Å². The van der Waals surface area contributed by atoms with E-state index in [4.69, 9.17) is 9.47 Å². The van der Waals surface area contributed by atoms with Crippen molar-refractivity contribution in [2.24, 2.45) is 34.5 Å². The maximum absolute atomic E-state index is 14.8. The number of esters is 2. The van der Waals surface area contributed by atoms with Gasteiger partial charge in [-0.3, -0.25) is 4.79 Å². The summed E-state index contributed by atoms with van der Waals surface area (Å²) in [5.74, 6) is -2.27. The third-order valence-corrected chi connectivity index (χ3v) is 10.3. The number of hydrogen-bond donors (Lipinski definition) is 2. The average Bonchev–Trinajstić information content (AvgIpc) is 3.46. The Bertz CT molecular complexity index is 1460. The molecule has 6 rings (SSSR count). The van der Waals surface area contributed by atoms with E-state index < -0.39 is 47.7 Å². The highest BCUT2D eigenvalue weighted by Crippen LogP contribution is 2.72. The second-order valence-corrected chi connectivity index (χ2v) is 12.8. The van der Waals surface area contributed by atoms with E-state index in [1.165, 1.54) is 0 Å². The minimum atomic E-state index is -2.19. The maximum Gasteiger partial charge on any atom is 0.338 e. The fraction of sp³-hybridized carbons (Fsp3) is 0.441. The fourth-order valence-electron chi connectivity index (χ4n) is 8.24. The quantitative estimate of drug-likeness (QED) is 0.411. The van der Waals surface area contributed by atoms with E-state index in [-0.39, 0.29) is 45.7 Å². The Hall–Kier alpha value is -3.55. The van der Waals surface area contributed by atoms with Gasteiger partial charge in [-0.1, -0.05) is 69.3 Å². The van der Waals surface area contributed by atoms with Crippen LogP contribution in [0.5, 0.6) is 0 Å². The topological polar surface area (TPSA) is 110 Å². The molecule has 8 atom stereocenters. The molecule has 2 aromatic rings. The summed E-state index contributed by atoms with van der Waals surface area (Å²) in [7, 11) is 0. The van der Waals surface area contributed by atoms with Crippen LogP contribution in [0.3, 0.4) is 0 Å². The molecule has 2 fully saturated rings. The number of fused-ring (bicyclic) bond motifs is 3. The summed E-state index contributed by atoms with van der Waals surface area (Å²) in [5, 5.41) is 23.8. The lowest BCUT2D eigenvalue weighted by molar-refractivity contribution is -0.191. The summed E-state index contributed by atoms with van der Waals surface area (Å²) in [6, 6.07) is 16.8. The zero-order chi connectivity index (χ0) is 29.3. The molecule has 4 aliphatic rings. The van der Waals surface area contributed by atoms with E-state index in [2.05, 4.69) is 13.8 Å². The second kappa shape index (κ2) is 9.50. The molecule has 0 aromatic heterocycles. The molecule has 7 heteroatoms. The van der Waals surface area contributed by atoms with Gasteiger partial charge in [0, 0.05) is 5.92 Å². The van der Waals surface area contributed by atoms with Gasteiger partial charge in [-0.25, -0.2) is 9.59 Å². The van der Waals surface area contributed by atoms with Crippen LogP contribution in [-0.4, -0.2) is 52.4 Å². The number of benzene rings is 2. The van der Waals surface area contributed by atoms with Gasteiger partial charge in [-0.2, -0.15) is 0 Å². The summed E-state index contributed by atoms with van der Waals surface area (Å²) in [5.41, 5.74) is -2.51. The number of hydrogen-bond acceptors (Lipinski definition) is 7. The molecule has 0 unspecified atom stereocenters. The summed E-state index contributed by atoms with van der Waals surface area (Å²) in [6.07, 6.45) is 1.40. The van der Waals surface area contributed by atoms with Crippen LogP contribution >= 0.6 is 0 Å². The minimum Gasteiger partial charge on any atom is -0.451 e. The Morgan fingerprint density at radius 2 is 1.46 bits per heavy atom. The molecule has 214 valence electrons. The van der Waals surface area contributed by atoms with Gasteiger partial charge in [0.15, 0.2) is 23.6 Å². The smallest absolute Gasteiger partial charge is 0.338 e. The number of carbonyl (C=O) groups is 3. The van der Waals surface area contributed by atoms with E-state index >= 15 is 0 Å². The first kappa shape index (κ1) is 27.6. The van der Waals surface area contributed by atoms with Gasteiger partial charge in [-0.15, -0.1) is 0 Å². The predicted molar refractivity (Wildman–Crippen MR) is 151 cm³/mol. The lowest BCUT2D eigenvalue weighted by Gasteiger charge is -2.49. The Morgan fingerprint density at radius 1 is 0.927 bits per heavy atom. The van der Waals surface area contributed by atoms with Crippen LogP contribution in [0.2, 0.25) is 0 Å². The standard InChI is InChI=1S/C34H36O7/c1-19-17-33-20(2)15-25-26(32(25,3)4)24(27(33)36)16-23(18-35)29(41-31(38)22-13-9-6-10-14-22)34(33,39)28(19)40-30(37)21-11-7-5-8-12-21/h5-14,16-17,20,24-26,28-29,35,39H,15,18H2,1-4H3/t20-,24-,25-,26+,28+,29-,33+,34-/m1/s1. The first-order chi connectivity index (χ1) is 19.5. The van der Waals surface area contributed by atoms with E-state index in [1.807, 2.05) is 6.92 Å². The molecule has 2 bridgehead atoms. The van der Waals surface area contributed by atoms with Gasteiger partial charge in [0.05, 0.1) is 23.1 Å².